The minimum atomic E-state index is -1.14. The largest absolute Gasteiger partial charge is 0.464 e. The third-order valence-corrected chi connectivity index (χ3v) is 1.23. The molecule has 0 aromatic carbocycles. The lowest BCUT2D eigenvalue weighted by molar-refractivity contribution is 0.111. The molecule has 1 aromatic rings. The van der Waals surface area contributed by atoms with Gasteiger partial charge in [-0.2, -0.15) is 0 Å². The summed E-state index contributed by atoms with van der Waals surface area (Å²) in [5.41, 5.74) is 0.130. The number of aromatic nitrogens is 2. The smallest absolute Gasteiger partial charge is 0.417 e. The van der Waals surface area contributed by atoms with Crippen molar-refractivity contribution in [3.05, 3.63) is 17.7 Å². The lowest BCUT2D eigenvalue weighted by atomic mass is 10.5. The van der Waals surface area contributed by atoms with Gasteiger partial charge in [0.15, 0.2) is 6.29 Å². The summed E-state index contributed by atoms with van der Waals surface area (Å²) in [6.07, 6.45) is 0.542. The minimum Gasteiger partial charge on any atom is -0.464 e. The molecule has 0 unspecified atom stereocenters. The van der Waals surface area contributed by atoms with E-state index in [0.29, 0.717) is 12.1 Å². The maximum Gasteiger partial charge on any atom is 0.417 e. The molecule has 1 rings (SSSR count). The van der Waals surface area contributed by atoms with Gasteiger partial charge in [0.2, 0.25) is 0 Å². The fraction of sp³-hybridized carbons (Fsp3) is 0.167. The quantitative estimate of drug-likeness (QED) is 0.599. The summed E-state index contributed by atoms with van der Waals surface area (Å²) < 4.78 is 0.893. The van der Waals surface area contributed by atoms with Crippen molar-refractivity contribution in [1.29, 1.82) is 0 Å². The van der Waals surface area contributed by atoms with Crippen molar-refractivity contribution in [2.45, 2.75) is 6.92 Å². The van der Waals surface area contributed by atoms with Crippen molar-refractivity contribution >= 4 is 12.4 Å². The Labute approximate surface area is 62.3 Å². The number of aryl methyl sites for hydroxylation is 1. The molecule has 11 heavy (non-hydrogen) atoms. The van der Waals surface area contributed by atoms with E-state index in [9.17, 15) is 9.59 Å². The van der Waals surface area contributed by atoms with Gasteiger partial charge in [0.05, 0.1) is 0 Å². The highest BCUT2D eigenvalue weighted by Crippen LogP contribution is 1.98. The molecule has 0 aliphatic rings. The van der Waals surface area contributed by atoms with Gasteiger partial charge in [-0.05, 0) is 6.92 Å². The lowest BCUT2D eigenvalue weighted by Gasteiger charge is -1.92. The molecule has 0 saturated heterocycles. The standard InChI is InChI=1S/C6H6N2O3/c1-4-7-5(3-9)2-8(4)6(10)11/h2-3H,1H3,(H,10,11). The molecule has 0 radical (unpaired) electrons. The summed E-state index contributed by atoms with van der Waals surface area (Å²) in [5.74, 6) is 0.291. The normalized spacial score (nSPS) is 9.55. The average molecular weight is 154 g/mol. The van der Waals surface area contributed by atoms with Gasteiger partial charge in [0, 0.05) is 6.20 Å². The van der Waals surface area contributed by atoms with Crippen LogP contribution in [0.4, 0.5) is 4.79 Å². The van der Waals surface area contributed by atoms with Crippen LogP contribution in [0.15, 0.2) is 6.20 Å². The van der Waals surface area contributed by atoms with Crippen LogP contribution in [0, 0.1) is 6.92 Å². The second-order valence-electron chi connectivity index (χ2n) is 1.98. The average Bonchev–Trinajstić information content (AvgIpc) is 2.30. The van der Waals surface area contributed by atoms with E-state index in [1.54, 1.807) is 0 Å². The highest BCUT2D eigenvalue weighted by molar-refractivity contribution is 5.75. The molecule has 0 aliphatic heterocycles. The molecule has 0 saturated carbocycles. The maximum atomic E-state index is 10.4. The molecule has 0 aliphatic carbocycles. The second kappa shape index (κ2) is 2.53. The second-order valence-corrected chi connectivity index (χ2v) is 1.98. The van der Waals surface area contributed by atoms with E-state index in [1.165, 1.54) is 13.1 Å². The first-order valence-electron chi connectivity index (χ1n) is 2.89. The number of carbonyl (C=O) groups excluding carboxylic acids is 1. The summed E-state index contributed by atoms with van der Waals surface area (Å²) in [6.45, 7) is 1.52. The van der Waals surface area contributed by atoms with Gasteiger partial charge in [-0.3, -0.25) is 4.79 Å². The Kier molecular flexibility index (Phi) is 1.72. The van der Waals surface area contributed by atoms with E-state index in [0.717, 1.165) is 4.57 Å². The predicted octanol–water partition coefficient (Wildman–Crippen LogP) is 0.530. The van der Waals surface area contributed by atoms with Gasteiger partial charge < -0.3 is 5.11 Å². The Bertz CT molecular complexity index is 303. The van der Waals surface area contributed by atoms with E-state index in [1.807, 2.05) is 0 Å². The first-order valence-corrected chi connectivity index (χ1v) is 2.89. The van der Waals surface area contributed by atoms with E-state index >= 15 is 0 Å². The molecule has 0 atom stereocenters. The fourth-order valence-corrected chi connectivity index (χ4v) is 0.746. The number of hydrogen-bond acceptors (Lipinski definition) is 3. The van der Waals surface area contributed by atoms with Crippen LogP contribution in [0.25, 0.3) is 0 Å². The van der Waals surface area contributed by atoms with Gasteiger partial charge in [0.25, 0.3) is 0 Å². The monoisotopic (exact) mass is 154 g/mol. The Hall–Kier alpha value is -1.65. The number of hydrogen-bond donors (Lipinski definition) is 1. The van der Waals surface area contributed by atoms with Crippen molar-refractivity contribution < 1.29 is 14.7 Å². The van der Waals surface area contributed by atoms with Crippen LogP contribution in [0.2, 0.25) is 0 Å². The van der Waals surface area contributed by atoms with Crippen LogP contribution in [0.5, 0.6) is 0 Å². The Balaban J connectivity index is 3.16. The van der Waals surface area contributed by atoms with E-state index < -0.39 is 6.09 Å². The molecular weight excluding hydrogens is 148 g/mol. The molecule has 1 aromatic heterocycles. The zero-order valence-corrected chi connectivity index (χ0v) is 5.81. The maximum absolute atomic E-state index is 10.4. The third-order valence-electron chi connectivity index (χ3n) is 1.23. The van der Waals surface area contributed by atoms with Gasteiger partial charge in [-0.1, -0.05) is 0 Å². The first kappa shape index (κ1) is 7.46. The fourth-order valence-electron chi connectivity index (χ4n) is 0.746. The van der Waals surface area contributed by atoms with Crippen LogP contribution in [0.1, 0.15) is 16.3 Å². The lowest BCUT2D eigenvalue weighted by Crippen LogP contribution is -2.07. The number of rotatable bonds is 1. The third kappa shape index (κ3) is 1.26. The summed E-state index contributed by atoms with van der Waals surface area (Å²) in [5, 5.41) is 8.48. The predicted molar refractivity (Wildman–Crippen MR) is 35.8 cm³/mol. The molecule has 0 amide bonds. The molecule has 0 fully saturated rings. The van der Waals surface area contributed by atoms with Crippen LogP contribution < -0.4 is 0 Å². The Morgan fingerprint density at radius 1 is 1.82 bits per heavy atom. The number of nitrogens with zero attached hydrogens (tertiary/aromatic N) is 2. The van der Waals surface area contributed by atoms with Crippen LogP contribution in [-0.2, 0) is 0 Å². The molecule has 1 heterocycles. The number of carbonyl (C=O) groups is 2. The molecule has 1 N–H and O–H groups in total. The van der Waals surface area contributed by atoms with Gasteiger partial charge in [-0.15, -0.1) is 0 Å². The molecule has 58 valence electrons. The van der Waals surface area contributed by atoms with Crippen molar-refractivity contribution in [2.24, 2.45) is 0 Å². The summed E-state index contributed by atoms with van der Waals surface area (Å²) >= 11 is 0. The minimum absolute atomic E-state index is 0.130. The Morgan fingerprint density at radius 3 is 2.73 bits per heavy atom. The van der Waals surface area contributed by atoms with Crippen molar-refractivity contribution in [3.63, 3.8) is 0 Å². The highest BCUT2D eigenvalue weighted by atomic mass is 16.4. The first-order chi connectivity index (χ1) is 5.15. The number of imidazole rings is 1. The number of aldehydes is 1. The SMILES string of the molecule is Cc1nc(C=O)cn1C(=O)O. The molecule has 0 bridgehead atoms. The zero-order chi connectivity index (χ0) is 8.43. The molecule has 5 nitrogen and oxygen atoms in total. The van der Waals surface area contributed by atoms with Crippen LogP contribution in [-0.4, -0.2) is 27.0 Å². The zero-order valence-electron chi connectivity index (χ0n) is 5.81. The molecular formula is C6H6N2O3. The molecule has 5 heteroatoms. The highest BCUT2D eigenvalue weighted by Gasteiger charge is 2.07. The van der Waals surface area contributed by atoms with Crippen molar-refractivity contribution in [3.8, 4) is 0 Å². The molecule has 0 spiro atoms. The van der Waals surface area contributed by atoms with Gasteiger partial charge in [0.1, 0.15) is 11.5 Å². The summed E-state index contributed by atoms with van der Waals surface area (Å²) in [7, 11) is 0. The van der Waals surface area contributed by atoms with Gasteiger partial charge in [-0.25, -0.2) is 14.3 Å². The van der Waals surface area contributed by atoms with Crippen LogP contribution in [0.3, 0.4) is 0 Å². The van der Waals surface area contributed by atoms with E-state index in [2.05, 4.69) is 4.98 Å². The van der Waals surface area contributed by atoms with E-state index in [4.69, 9.17) is 5.11 Å². The number of carboxylic acid groups (broad SMARTS) is 1. The van der Waals surface area contributed by atoms with Crippen molar-refractivity contribution in [2.75, 3.05) is 0 Å². The van der Waals surface area contributed by atoms with E-state index in [-0.39, 0.29) is 5.69 Å². The topological polar surface area (TPSA) is 72.2 Å². The summed E-state index contributed by atoms with van der Waals surface area (Å²) in [4.78, 5) is 24.1. The van der Waals surface area contributed by atoms with Crippen LogP contribution >= 0.6 is 0 Å². The summed E-state index contributed by atoms with van der Waals surface area (Å²) in [6, 6.07) is 0. The van der Waals surface area contributed by atoms with Crippen molar-refractivity contribution in [1.82, 2.24) is 9.55 Å². The Morgan fingerprint density at radius 2 is 2.45 bits per heavy atom. The van der Waals surface area contributed by atoms with Gasteiger partial charge >= 0.3 is 6.09 Å².